The zero-order valence-electron chi connectivity index (χ0n) is 12.1. The lowest BCUT2D eigenvalue weighted by Crippen LogP contribution is -2.13. The number of nitrogens with one attached hydrogen (secondary N) is 2. The maximum absolute atomic E-state index is 13.7. The first kappa shape index (κ1) is 15.7. The lowest BCUT2D eigenvalue weighted by Gasteiger charge is -2.07. The van der Waals surface area contributed by atoms with E-state index in [1.165, 1.54) is 30.0 Å². The number of aromatic nitrogens is 2. The molecule has 0 spiro atoms. The summed E-state index contributed by atoms with van der Waals surface area (Å²) in [6.07, 6.45) is 1.03. The molecule has 0 radical (unpaired) electrons. The molecule has 0 aliphatic carbocycles. The molecule has 1 aromatic carbocycles. The van der Waals surface area contributed by atoms with Gasteiger partial charge in [-0.3, -0.25) is 4.79 Å². The maximum Gasteiger partial charge on any atom is 0.251 e. The van der Waals surface area contributed by atoms with Gasteiger partial charge < -0.3 is 10.3 Å². The quantitative estimate of drug-likeness (QED) is 0.636. The fraction of sp³-hybridized carbons (Fsp3) is 0.333. The predicted molar refractivity (Wildman–Crippen MR) is 82.1 cm³/mol. The number of halogens is 1. The fourth-order valence-corrected chi connectivity index (χ4v) is 2.85. The van der Waals surface area contributed by atoms with Gasteiger partial charge in [0.1, 0.15) is 5.82 Å². The third kappa shape index (κ3) is 4.99. The molecule has 1 heterocycles. The van der Waals surface area contributed by atoms with E-state index in [1.54, 1.807) is 6.92 Å². The van der Waals surface area contributed by atoms with Crippen molar-refractivity contribution in [2.24, 2.45) is 0 Å². The lowest BCUT2D eigenvalue weighted by atomic mass is 10.2. The van der Waals surface area contributed by atoms with E-state index in [0.29, 0.717) is 17.4 Å². The second kappa shape index (κ2) is 7.38. The van der Waals surface area contributed by atoms with Crippen molar-refractivity contribution in [1.82, 2.24) is 15.3 Å². The molecule has 2 aromatic rings. The molecule has 2 N–H and O–H groups in total. The molecule has 0 bridgehead atoms. The van der Waals surface area contributed by atoms with E-state index in [1.807, 2.05) is 6.07 Å². The highest BCUT2D eigenvalue weighted by Crippen LogP contribution is 2.25. The first-order chi connectivity index (χ1) is 10.1. The molecular weight excluding hydrogens is 289 g/mol. The van der Waals surface area contributed by atoms with Crippen molar-refractivity contribution in [3.63, 3.8) is 0 Å². The summed E-state index contributed by atoms with van der Waals surface area (Å²) in [5.74, 6) is -0.289. The zero-order chi connectivity index (χ0) is 15.2. The summed E-state index contributed by atoms with van der Waals surface area (Å²) < 4.78 is 13.7. The fourth-order valence-electron chi connectivity index (χ4n) is 1.90. The summed E-state index contributed by atoms with van der Waals surface area (Å²) in [4.78, 5) is 19.0. The van der Waals surface area contributed by atoms with Gasteiger partial charge in [-0.15, -0.1) is 0 Å². The first-order valence-corrected chi connectivity index (χ1v) is 7.64. The molecule has 0 amide bonds. The highest BCUT2D eigenvalue weighted by molar-refractivity contribution is 7.99. The Hall–Kier alpha value is -1.66. The molecule has 0 fully saturated rings. The summed E-state index contributed by atoms with van der Waals surface area (Å²) in [5.41, 5.74) is 1.31. The molecule has 2 rings (SSSR count). The van der Waals surface area contributed by atoms with Gasteiger partial charge in [0.05, 0.1) is 0 Å². The van der Waals surface area contributed by atoms with Crippen LogP contribution in [-0.2, 0) is 6.54 Å². The van der Waals surface area contributed by atoms with E-state index in [0.717, 1.165) is 23.4 Å². The van der Waals surface area contributed by atoms with E-state index in [4.69, 9.17) is 0 Å². The van der Waals surface area contributed by atoms with Gasteiger partial charge in [0.2, 0.25) is 0 Å². The van der Waals surface area contributed by atoms with E-state index in [9.17, 15) is 9.18 Å². The summed E-state index contributed by atoms with van der Waals surface area (Å²) in [6, 6.07) is 6.28. The SMILES string of the molecule is CCCNCc1cc(F)cc(Sc2nc(C)cc(=O)[nH]2)c1. The summed E-state index contributed by atoms with van der Waals surface area (Å²) in [7, 11) is 0. The van der Waals surface area contributed by atoms with Gasteiger partial charge >= 0.3 is 0 Å². The lowest BCUT2D eigenvalue weighted by molar-refractivity contribution is 0.615. The maximum atomic E-state index is 13.7. The average Bonchev–Trinajstić information content (AvgIpc) is 2.37. The molecule has 1 aromatic heterocycles. The van der Waals surface area contributed by atoms with Gasteiger partial charge in [-0.1, -0.05) is 18.7 Å². The Bertz CT molecular complexity index is 672. The van der Waals surface area contributed by atoms with Gasteiger partial charge in [0.15, 0.2) is 5.16 Å². The Labute approximate surface area is 127 Å². The molecule has 0 unspecified atom stereocenters. The molecule has 21 heavy (non-hydrogen) atoms. The van der Waals surface area contributed by atoms with Gasteiger partial charge in [-0.25, -0.2) is 9.37 Å². The van der Waals surface area contributed by atoms with Crippen LogP contribution in [0.4, 0.5) is 4.39 Å². The van der Waals surface area contributed by atoms with Crippen LogP contribution in [0.3, 0.4) is 0 Å². The van der Waals surface area contributed by atoms with Crippen LogP contribution in [0.25, 0.3) is 0 Å². The number of rotatable bonds is 6. The van der Waals surface area contributed by atoms with Crippen LogP contribution in [0.5, 0.6) is 0 Å². The minimum atomic E-state index is -0.289. The molecule has 0 atom stereocenters. The van der Waals surface area contributed by atoms with Crippen molar-refractivity contribution < 1.29 is 4.39 Å². The van der Waals surface area contributed by atoms with Crippen molar-refractivity contribution in [2.75, 3.05) is 6.54 Å². The van der Waals surface area contributed by atoms with Crippen LogP contribution in [0.1, 0.15) is 24.6 Å². The van der Waals surface area contributed by atoms with Crippen molar-refractivity contribution >= 4 is 11.8 Å². The van der Waals surface area contributed by atoms with Crippen molar-refractivity contribution in [3.05, 3.63) is 51.7 Å². The highest BCUT2D eigenvalue weighted by atomic mass is 32.2. The molecule has 0 saturated carbocycles. The van der Waals surface area contributed by atoms with Crippen LogP contribution in [0.2, 0.25) is 0 Å². The van der Waals surface area contributed by atoms with Crippen LogP contribution in [0.15, 0.2) is 39.1 Å². The van der Waals surface area contributed by atoms with Gasteiger partial charge in [-0.05, 0) is 43.7 Å². The molecular formula is C15H18FN3OS. The van der Waals surface area contributed by atoms with E-state index in [2.05, 4.69) is 22.2 Å². The van der Waals surface area contributed by atoms with E-state index < -0.39 is 0 Å². The van der Waals surface area contributed by atoms with E-state index >= 15 is 0 Å². The Balaban J connectivity index is 2.17. The van der Waals surface area contributed by atoms with Crippen LogP contribution in [-0.4, -0.2) is 16.5 Å². The van der Waals surface area contributed by atoms with Gasteiger partial charge in [-0.2, -0.15) is 0 Å². The molecule has 0 aliphatic rings. The van der Waals surface area contributed by atoms with Crippen molar-refractivity contribution in [3.8, 4) is 0 Å². The Morgan fingerprint density at radius 3 is 2.86 bits per heavy atom. The predicted octanol–water partition coefficient (Wildman–Crippen LogP) is 2.87. The van der Waals surface area contributed by atoms with Gasteiger partial charge in [0, 0.05) is 23.2 Å². The number of aryl methyl sites for hydroxylation is 1. The number of benzene rings is 1. The van der Waals surface area contributed by atoms with Crippen molar-refractivity contribution in [2.45, 2.75) is 36.9 Å². The van der Waals surface area contributed by atoms with Crippen LogP contribution >= 0.6 is 11.8 Å². The smallest absolute Gasteiger partial charge is 0.251 e. The number of nitrogens with zero attached hydrogens (tertiary/aromatic N) is 1. The van der Waals surface area contributed by atoms with Gasteiger partial charge in [0.25, 0.3) is 5.56 Å². The Morgan fingerprint density at radius 2 is 2.14 bits per heavy atom. The van der Waals surface area contributed by atoms with Crippen LogP contribution in [0, 0.1) is 12.7 Å². The Kier molecular flexibility index (Phi) is 5.52. The molecule has 6 heteroatoms. The van der Waals surface area contributed by atoms with E-state index in [-0.39, 0.29) is 11.4 Å². The minimum absolute atomic E-state index is 0.203. The number of hydrogen-bond acceptors (Lipinski definition) is 4. The zero-order valence-corrected chi connectivity index (χ0v) is 12.9. The summed E-state index contributed by atoms with van der Waals surface area (Å²) >= 11 is 1.25. The average molecular weight is 307 g/mol. The molecule has 4 nitrogen and oxygen atoms in total. The van der Waals surface area contributed by atoms with Crippen LogP contribution < -0.4 is 10.9 Å². The molecule has 112 valence electrons. The summed E-state index contributed by atoms with van der Waals surface area (Å²) in [6.45, 7) is 5.35. The molecule has 0 aliphatic heterocycles. The second-order valence-electron chi connectivity index (χ2n) is 4.77. The third-order valence-corrected chi connectivity index (χ3v) is 3.61. The normalized spacial score (nSPS) is 10.8. The highest BCUT2D eigenvalue weighted by Gasteiger charge is 2.05. The standard InChI is InChI=1S/C15H18FN3OS/c1-3-4-17-9-11-6-12(16)8-13(7-11)21-15-18-10(2)5-14(20)19-15/h5-8,17H,3-4,9H2,1-2H3,(H,18,19,20). The van der Waals surface area contributed by atoms with Crippen molar-refractivity contribution in [1.29, 1.82) is 0 Å². The summed E-state index contributed by atoms with van der Waals surface area (Å²) in [5, 5.41) is 3.71. The monoisotopic (exact) mass is 307 g/mol. The Morgan fingerprint density at radius 1 is 1.33 bits per heavy atom. The minimum Gasteiger partial charge on any atom is -0.313 e. The number of aromatic amines is 1. The first-order valence-electron chi connectivity index (χ1n) is 6.83. The number of hydrogen-bond donors (Lipinski definition) is 2. The topological polar surface area (TPSA) is 57.8 Å². The molecule has 0 saturated heterocycles. The second-order valence-corrected chi connectivity index (χ2v) is 5.83. The third-order valence-electron chi connectivity index (χ3n) is 2.75. The largest absolute Gasteiger partial charge is 0.313 e. The number of H-pyrrole nitrogens is 1.